The molecule has 0 saturated carbocycles. The highest BCUT2D eigenvalue weighted by atomic mass is 14.2. The van der Waals surface area contributed by atoms with Crippen LogP contribution in [0, 0.1) is 0 Å². The maximum absolute atomic E-state index is 4.53. The first kappa shape index (κ1) is 30.3. The fraction of sp³-hybridized carbons (Fsp3) is 0.0909. The summed E-state index contributed by atoms with van der Waals surface area (Å²) in [6, 6.07) is 30.2. The second kappa shape index (κ2) is 14.8. The van der Waals surface area contributed by atoms with E-state index >= 15 is 0 Å². The first-order valence-corrected chi connectivity index (χ1v) is 15.3. The molecule has 0 N–H and O–H groups in total. The highest BCUT2D eigenvalue weighted by Gasteiger charge is 2.15. The van der Waals surface area contributed by atoms with Crippen LogP contribution in [0.4, 0.5) is 0 Å². The Kier molecular flexibility index (Phi) is 10.2. The minimum atomic E-state index is 0.834. The van der Waals surface area contributed by atoms with Crippen molar-refractivity contribution in [2.75, 3.05) is 0 Å². The van der Waals surface area contributed by atoms with Crippen LogP contribution in [0.5, 0.6) is 0 Å². The van der Waals surface area contributed by atoms with Crippen LogP contribution in [0.1, 0.15) is 36.8 Å². The van der Waals surface area contributed by atoms with E-state index in [1.165, 1.54) is 38.8 Å². The highest BCUT2D eigenvalue weighted by molar-refractivity contribution is 6.02. The Labute approximate surface area is 263 Å². The van der Waals surface area contributed by atoms with Gasteiger partial charge in [0.25, 0.3) is 0 Å². The molecule has 216 valence electrons. The average molecular weight is 569 g/mol. The first-order chi connectivity index (χ1) is 21.5. The molecule has 2 aliphatic carbocycles. The third-order valence-corrected chi connectivity index (χ3v) is 8.17. The Balaban J connectivity index is 1.69. The predicted octanol–water partition coefficient (Wildman–Crippen LogP) is 12.4. The molecule has 0 fully saturated rings. The van der Waals surface area contributed by atoms with E-state index in [1.807, 2.05) is 24.3 Å². The number of benzene rings is 2. The molecule has 5 rings (SSSR count). The summed E-state index contributed by atoms with van der Waals surface area (Å²) in [5, 5.41) is 2.35. The fourth-order valence-corrected chi connectivity index (χ4v) is 5.67. The summed E-state index contributed by atoms with van der Waals surface area (Å²) < 4.78 is 0. The van der Waals surface area contributed by atoms with Crippen LogP contribution in [0.25, 0.3) is 33.0 Å². The molecular weight excluding hydrogens is 528 g/mol. The number of hydrogen-bond acceptors (Lipinski definition) is 0. The van der Waals surface area contributed by atoms with Crippen molar-refractivity contribution in [1.82, 2.24) is 0 Å². The number of rotatable bonds is 9. The molecule has 3 aromatic rings. The van der Waals surface area contributed by atoms with E-state index in [1.54, 1.807) is 6.08 Å². The lowest BCUT2D eigenvalue weighted by atomic mass is 9.85. The standard InChI is InChI=1S/C44H40/c1-5-6-17-33(2)34(3)24-25-35(4)41-22-15-7-8-16-23-42(39-28-26-38(27-29-39)36-18-11-9-12-19-36)43-31-30-40(32-44(41)43)37-20-13-10-14-21-37/h5-11,13-18,20-26,28,30-32H,1-4,12,19,27,29H2/b8-7?,15-7?,16-8?,17-6-,22-15?,23-16?,25-24-,41-22?,42-23?,43-42?,44-41?. The molecule has 2 aliphatic rings. The van der Waals surface area contributed by atoms with E-state index in [-0.39, 0.29) is 0 Å². The zero-order chi connectivity index (χ0) is 30.7. The maximum atomic E-state index is 4.53. The summed E-state index contributed by atoms with van der Waals surface area (Å²) in [6.07, 6.45) is 25.3. The number of fused-ring (bicyclic) bond motifs is 1. The summed E-state index contributed by atoms with van der Waals surface area (Å²) in [6.45, 7) is 16.6. The van der Waals surface area contributed by atoms with Gasteiger partial charge in [-0.15, -0.1) is 0 Å². The van der Waals surface area contributed by atoms with Crippen LogP contribution in [-0.2, 0) is 0 Å². The van der Waals surface area contributed by atoms with Gasteiger partial charge in [0.2, 0.25) is 0 Å². The second-order valence-electron chi connectivity index (χ2n) is 11.1. The smallest absolute Gasteiger partial charge is 0.00933 e. The van der Waals surface area contributed by atoms with Crippen molar-refractivity contribution in [1.29, 1.82) is 0 Å². The fourth-order valence-electron chi connectivity index (χ4n) is 5.67. The topological polar surface area (TPSA) is 0 Å². The molecule has 44 heavy (non-hydrogen) atoms. The second-order valence-corrected chi connectivity index (χ2v) is 11.1. The Morgan fingerprint density at radius 3 is 2.00 bits per heavy atom. The molecule has 0 heteroatoms. The third-order valence-electron chi connectivity index (χ3n) is 8.17. The van der Waals surface area contributed by atoms with Crippen molar-refractivity contribution >= 4 is 21.9 Å². The molecule has 0 aliphatic heterocycles. The van der Waals surface area contributed by atoms with Gasteiger partial charge in [0.1, 0.15) is 0 Å². The van der Waals surface area contributed by atoms with Crippen molar-refractivity contribution in [3.05, 3.63) is 205 Å². The lowest BCUT2D eigenvalue weighted by Crippen LogP contribution is -1.99. The molecule has 0 radical (unpaired) electrons. The van der Waals surface area contributed by atoms with Crippen LogP contribution in [-0.4, -0.2) is 0 Å². The van der Waals surface area contributed by atoms with Gasteiger partial charge in [0.15, 0.2) is 0 Å². The van der Waals surface area contributed by atoms with Crippen LogP contribution >= 0.6 is 0 Å². The van der Waals surface area contributed by atoms with E-state index in [0.717, 1.165) is 53.4 Å². The van der Waals surface area contributed by atoms with Gasteiger partial charge in [-0.3, -0.25) is 0 Å². The lowest BCUT2D eigenvalue weighted by Gasteiger charge is -2.19. The maximum Gasteiger partial charge on any atom is -0.00933 e. The van der Waals surface area contributed by atoms with E-state index in [9.17, 15) is 0 Å². The number of allylic oxidation sites excluding steroid dienone is 16. The van der Waals surface area contributed by atoms with Crippen molar-refractivity contribution in [3.63, 3.8) is 0 Å². The van der Waals surface area contributed by atoms with Gasteiger partial charge in [-0.05, 0) is 98.2 Å². The molecule has 0 spiro atoms. The summed E-state index contributed by atoms with van der Waals surface area (Å²) >= 11 is 0. The van der Waals surface area contributed by atoms with Gasteiger partial charge in [-0.25, -0.2) is 0 Å². The van der Waals surface area contributed by atoms with Crippen LogP contribution in [0.2, 0.25) is 0 Å². The van der Waals surface area contributed by atoms with Gasteiger partial charge in [0, 0.05) is 0 Å². The van der Waals surface area contributed by atoms with E-state index in [4.69, 9.17) is 0 Å². The van der Waals surface area contributed by atoms with Gasteiger partial charge >= 0.3 is 0 Å². The summed E-state index contributed by atoms with van der Waals surface area (Å²) in [5.74, 6) is 0. The molecule has 0 saturated heterocycles. The molecule has 0 atom stereocenters. The molecular formula is C44H40. The first-order valence-electron chi connectivity index (χ1n) is 15.3. The summed E-state index contributed by atoms with van der Waals surface area (Å²) in [7, 11) is 0. The Bertz CT molecular complexity index is 1840. The predicted molar refractivity (Wildman–Crippen MR) is 195 cm³/mol. The monoisotopic (exact) mass is 568 g/mol. The lowest BCUT2D eigenvalue weighted by molar-refractivity contribution is 0.905. The van der Waals surface area contributed by atoms with E-state index in [2.05, 4.69) is 142 Å². The number of hydrogen-bond donors (Lipinski definition) is 0. The Morgan fingerprint density at radius 1 is 0.591 bits per heavy atom. The Hall–Kier alpha value is -5.20. The van der Waals surface area contributed by atoms with E-state index < -0.39 is 0 Å². The largest absolute Gasteiger partial charge is 0.0991 e. The van der Waals surface area contributed by atoms with Crippen LogP contribution < -0.4 is 0 Å². The zero-order valence-electron chi connectivity index (χ0n) is 25.5. The minimum Gasteiger partial charge on any atom is -0.0991 e. The van der Waals surface area contributed by atoms with Crippen LogP contribution in [0.15, 0.2) is 194 Å². The Morgan fingerprint density at radius 2 is 1.27 bits per heavy atom. The summed E-state index contributed by atoms with van der Waals surface area (Å²) in [5.41, 5.74) is 11.5. The quantitative estimate of drug-likeness (QED) is 0.225. The van der Waals surface area contributed by atoms with Gasteiger partial charge in [-0.2, -0.15) is 0 Å². The minimum absolute atomic E-state index is 0.834. The van der Waals surface area contributed by atoms with Gasteiger partial charge in [-0.1, -0.05) is 166 Å². The molecule has 0 bridgehead atoms. The van der Waals surface area contributed by atoms with Crippen LogP contribution in [0.3, 0.4) is 0 Å². The molecule has 0 aromatic heterocycles. The molecule has 3 aromatic carbocycles. The zero-order valence-corrected chi connectivity index (χ0v) is 25.5. The van der Waals surface area contributed by atoms with Gasteiger partial charge < -0.3 is 0 Å². The normalized spacial score (nSPS) is 14.5. The molecule has 0 nitrogen and oxygen atoms in total. The van der Waals surface area contributed by atoms with Crippen molar-refractivity contribution in [2.24, 2.45) is 0 Å². The molecule has 0 amide bonds. The van der Waals surface area contributed by atoms with Crippen molar-refractivity contribution < 1.29 is 0 Å². The van der Waals surface area contributed by atoms with Gasteiger partial charge in [0.05, 0.1) is 0 Å². The van der Waals surface area contributed by atoms with Crippen molar-refractivity contribution in [3.8, 4) is 11.1 Å². The summed E-state index contributed by atoms with van der Waals surface area (Å²) in [4.78, 5) is 0. The highest BCUT2D eigenvalue weighted by Crippen LogP contribution is 2.37. The SMILES string of the molecule is C=C/C=C\C(=C)C(=C)/C=C\C(=C)c1ccccccc(C2=CC=C(C3=CC=CCC3)CC2)c2ccc(-c3ccccc3)cc12. The third kappa shape index (κ3) is 7.41. The molecule has 0 heterocycles. The molecule has 0 unspecified atom stereocenters. The van der Waals surface area contributed by atoms with Crippen molar-refractivity contribution in [2.45, 2.75) is 25.7 Å². The van der Waals surface area contributed by atoms with E-state index in [0.29, 0.717) is 0 Å². The average Bonchev–Trinajstić information content (AvgIpc) is 3.08.